The van der Waals surface area contributed by atoms with Crippen LogP contribution in [0.25, 0.3) is 10.9 Å². The quantitative estimate of drug-likeness (QED) is 0.598. The number of nitrogens with one attached hydrogen (secondary N) is 1. The van der Waals surface area contributed by atoms with Crippen LogP contribution in [0.5, 0.6) is 0 Å². The molecule has 140 valence electrons. The minimum Gasteiger partial charge on any atom is -0.480 e. The van der Waals surface area contributed by atoms with Crippen molar-refractivity contribution in [3.05, 3.63) is 36.0 Å². The second kappa shape index (κ2) is 7.02. The fraction of sp³-hybridized carbons (Fsp3) is 0.278. The van der Waals surface area contributed by atoms with Crippen LogP contribution in [0.3, 0.4) is 0 Å². The molecule has 1 aliphatic rings. The normalized spacial score (nSPS) is 17.3. The number of urea groups is 1. The first-order chi connectivity index (χ1) is 12.8. The minimum absolute atomic E-state index is 0.0928. The van der Waals surface area contributed by atoms with E-state index in [4.69, 9.17) is 0 Å². The van der Waals surface area contributed by atoms with Crippen LogP contribution in [0, 0.1) is 5.92 Å². The van der Waals surface area contributed by atoms with Crippen LogP contribution < -0.4 is 0 Å². The van der Waals surface area contributed by atoms with Gasteiger partial charge in [-0.05, 0) is 11.6 Å². The van der Waals surface area contributed by atoms with E-state index in [-0.39, 0.29) is 6.42 Å². The Morgan fingerprint density at radius 1 is 1.22 bits per heavy atom. The molecule has 0 unspecified atom stereocenters. The van der Waals surface area contributed by atoms with Crippen LogP contribution in [0.2, 0.25) is 0 Å². The average molecular weight is 370 g/mol. The number of hydrogen-bond donors (Lipinski definition) is 2. The second-order valence-electron chi connectivity index (χ2n) is 6.27. The Kier molecular flexibility index (Phi) is 4.76. The lowest BCUT2D eigenvalue weighted by molar-refractivity contribution is -0.144. The maximum atomic E-state index is 12.2. The zero-order valence-corrected chi connectivity index (χ0v) is 14.7. The van der Waals surface area contributed by atoms with E-state index >= 15 is 0 Å². The van der Waals surface area contributed by atoms with Crippen molar-refractivity contribution >= 4 is 40.9 Å². The summed E-state index contributed by atoms with van der Waals surface area (Å²) in [7, 11) is 2.52. The molecule has 0 saturated carbocycles. The molecule has 4 amide bonds. The number of carbonyl (C=O) groups excluding carboxylic acids is 3. The summed E-state index contributed by atoms with van der Waals surface area (Å²) in [6.07, 6.45) is 2.83. The van der Waals surface area contributed by atoms with Gasteiger partial charge >= 0.3 is 12.0 Å². The van der Waals surface area contributed by atoms with Crippen LogP contribution >= 0.6 is 0 Å². The number of fused-ring (bicyclic) bond motifs is 1. The number of carboxylic acids is 1. The van der Waals surface area contributed by atoms with Gasteiger partial charge in [-0.2, -0.15) is 0 Å². The third-order valence-electron chi connectivity index (χ3n) is 4.56. The Morgan fingerprint density at radius 2 is 1.85 bits per heavy atom. The Labute approximate surface area is 154 Å². The molecule has 0 bridgehead atoms. The highest BCUT2D eigenvalue weighted by Crippen LogP contribution is 2.20. The molecule has 1 aromatic heterocycles. The number of hydrogen-bond acceptors (Lipinski definition) is 5. The van der Waals surface area contributed by atoms with E-state index in [1.165, 1.54) is 14.1 Å². The van der Waals surface area contributed by atoms with E-state index < -0.39 is 35.8 Å². The van der Waals surface area contributed by atoms with Gasteiger partial charge in [-0.25, -0.2) is 9.59 Å². The molecule has 2 heterocycles. The molecule has 1 aromatic carbocycles. The third-order valence-corrected chi connectivity index (χ3v) is 4.56. The molecule has 2 N–H and O–H groups in total. The summed E-state index contributed by atoms with van der Waals surface area (Å²) in [6.45, 7) is 0. The highest BCUT2D eigenvalue weighted by atomic mass is 16.4. The lowest BCUT2D eigenvalue weighted by atomic mass is 10.0. The number of aliphatic imine (C=N–C) groups is 1. The van der Waals surface area contributed by atoms with Gasteiger partial charge in [-0.1, -0.05) is 18.2 Å². The summed E-state index contributed by atoms with van der Waals surface area (Å²) in [4.78, 5) is 56.4. The van der Waals surface area contributed by atoms with Crippen molar-refractivity contribution in [1.29, 1.82) is 0 Å². The van der Waals surface area contributed by atoms with Gasteiger partial charge in [0.05, 0.1) is 0 Å². The number of amides is 4. The van der Waals surface area contributed by atoms with Gasteiger partial charge in [0.15, 0.2) is 12.0 Å². The fourth-order valence-electron chi connectivity index (χ4n) is 2.97. The summed E-state index contributed by atoms with van der Waals surface area (Å²) >= 11 is 0. The van der Waals surface area contributed by atoms with Crippen LogP contribution in [-0.2, 0) is 20.8 Å². The van der Waals surface area contributed by atoms with Crippen molar-refractivity contribution < 1.29 is 24.3 Å². The zero-order chi connectivity index (χ0) is 19.7. The van der Waals surface area contributed by atoms with E-state index in [0.29, 0.717) is 0 Å². The summed E-state index contributed by atoms with van der Waals surface area (Å²) in [5.41, 5.74) is 1.64. The van der Waals surface area contributed by atoms with E-state index in [1.807, 2.05) is 24.3 Å². The molecule has 3 rings (SSSR count). The van der Waals surface area contributed by atoms with Gasteiger partial charge in [0.25, 0.3) is 0 Å². The van der Waals surface area contributed by atoms with Gasteiger partial charge in [0.2, 0.25) is 11.8 Å². The van der Waals surface area contributed by atoms with Crippen molar-refractivity contribution in [3.63, 3.8) is 0 Å². The van der Waals surface area contributed by atoms with Crippen molar-refractivity contribution in [2.45, 2.75) is 12.5 Å². The molecule has 1 saturated heterocycles. The summed E-state index contributed by atoms with van der Waals surface area (Å²) in [5.74, 6) is -3.96. The Bertz CT molecular complexity index is 940. The van der Waals surface area contributed by atoms with Crippen molar-refractivity contribution in [2.75, 3.05) is 14.1 Å². The van der Waals surface area contributed by atoms with Crippen LogP contribution in [0.4, 0.5) is 4.79 Å². The summed E-state index contributed by atoms with van der Waals surface area (Å²) < 4.78 is 0. The number of rotatable bonds is 5. The lowest BCUT2D eigenvalue weighted by Gasteiger charge is -2.31. The van der Waals surface area contributed by atoms with E-state index in [0.717, 1.165) is 32.5 Å². The Hall–Kier alpha value is -3.49. The fourth-order valence-corrected chi connectivity index (χ4v) is 2.97. The maximum Gasteiger partial charge on any atom is 0.332 e. The monoisotopic (exact) mass is 370 g/mol. The van der Waals surface area contributed by atoms with Crippen molar-refractivity contribution in [1.82, 2.24) is 14.8 Å². The third kappa shape index (κ3) is 3.31. The molecule has 1 fully saturated rings. The topological polar surface area (TPSA) is 123 Å². The van der Waals surface area contributed by atoms with Crippen LogP contribution in [0.1, 0.15) is 5.56 Å². The average Bonchev–Trinajstić information content (AvgIpc) is 3.06. The number of nitrogens with zero attached hydrogens (tertiary/aromatic N) is 3. The number of benzene rings is 1. The number of aromatic nitrogens is 1. The number of para-hydroxylation sites is 1. The molecule has 9 heteroatoms. The summed E-state index contributed by atoms with van der Waals surface area (Å²) in [5, 5.41) is 10.4. The molecule has 1 aliphatic heterocycles. The number of aliphatic carboxylic acids is 1. The highest BCUT2D eigenvalue weighted by molar-refractivity contribution is 6.23. The Balaban J connectivity index is 1.84. The SMILES string of the molecule is CN1C(=O)C(C=N[C@H](Cc2c[nH]c3ccccc23)C(=O)O)C(=O)N(C)C1=O. The number of imide groups is 2. The van der Waals surface area contributed by atoms with E-state index in [1.54, 1.807) is 6.20 Å². The second-order valence-corrected chi connectivity index (χ2v) is 6.27. The predicted molar refractivity (Wildman–Crippen MR) is 96.3 cm³/mol. The molecule has 0 spiro atoms. The molecular formula is C18H18N4O5. The van der Waals surface area contributed by atoms with Gasteiger partial charge < -0.3 is 10.1 Å². The first-order valence-electron chi connectivity index (χ1n) is 8.21. The Morgan fingerprint density at radius 3 is 2.48 bits per heavy atom. The molecule has 1 atom stereocenters. The molecule has 27 heavy (non-hydrogen) atoms. The molecule has 0 radical (unpaired) electrons. The minimum atomic E-state index is -1.32. The number of carbonyl (C=O) groups is 4. The van der Waals surface area contributed by atoms with Crippen molar-refractivity contribution in [3.8, 4) is 0 Å². The van der Waals surface area contributed by atoms with Gasteiger partial charge in [0.1, 0.15) is 0 Å². The summed E-state index contributed by atoms with van der Waals surface area (Å²) in [6, 6.07) is 5.55. The molecule has 2 aromatic rings. The van der Waals surface area contributed by atoms with E-state index in [9.17, 15) is 24.3 Å². The number of barbiturate groups is 1. The highest BCUT2D eigenvalue weighted by Gasteiger charge is 2.41. The first-order valence-corrected chi connectivity index (χ1v) is 8.21. The number of carboxylic acid groups (broad SMARTS) is 1. The first kappa shape index (κ1) is 18.3. The van der Waals surface area contributed by atoms with Crippen LogP contribution in [-0.4, -0.2) is 70.1 Å². The lowest BCUT2D eigenvalue weighted by Crippen LogP contribution is -2.57. The largest absolute Gasteiger partial charge is 0.480 e. The predicted octanol–water partition coefficient (Wildman–Crippen LogP) is 0.901. The smallest absolute Gasteiger partial charge is 0.332 e. The number of H-pyrrole nitrogens is 1. The molecule has 9 nitrogen and oxygen atoms in total. The van der Waals surface area contributed by atoms with Gasteiger partial charge in [0, 0.05) is 43.8 Å². The molecule has 0 aliphatic carbocycles. The van der Waals surface area contributed by atoms with Gasteiger partial charge in [-0.15, -0.1) is 0 Å². The standard InChI is InChI=1S/C18H18N4O5/c1-21-15(23)12(16(24)22(2)18(21)27)9-20-14(17(25)26)7-10-8-19-13-6-4-3-5-11(10)13/h3-6,8-9,12,14,19H,7H2,1-2H3,(H,25,26)/t14-/m1/s1. The van der Waals surface area contributed by atoms with E-state index in [2.05, 4.69) is 9.98 Å². The molecular weight excluding hydrogens is 352 g/mol. The van der Waals surface area contributed by atoms with Gasteiger partial charge in [-0.3, -0.25) is 24.4 Å². The zero-order valence-electron chi connectivity index (χ0n) is 14.7. The van der Waals surface area contributed by atoms with Crippen molar-refractivity contribution in [2.24, 2.45) is 10.9 Å². The van der Waals surface area contributed by atoms with Crippen LogP contribution in [0.15, 0.2) is 35.5 Å². The maximum absolute atomic E-state index is 12.2. The number of aromatic amines is 1.